The molecule has 2 atom stereocenters. The highest BCUT2D eigenvalue weighted by atomic mass is 35.5. The van der Waals surface area contributed by atoms with Crippen molar-refractivity contribution in [3.05, 3.63) is 64.7 Å². The van der Waals surface area contributed by atoms with Crippen molar-refractivity contribution < 1.29 is 23.9 Å². The molecule has 2 amide bonds. The maximum absolute atomic E-state index is 12.4. The molecule has 2 aromatic carbocycles. The number of hydrogen-bond acceptors (Lipinski definition) is 5. The largest absolute Gasteiger partial charge is 0.453 e. The molecule has 7 nitrogen and oxygen atoms in total. The second-order valence-electron chi connectivity index (χ2n) is 6.40. The van der Waals surface area contributed by atoms with E-state index in [4.69, 9.17) is 16.3 Å². The zero-order valence-corrected chi connectivity index (χ0v) is 16.9. The average molecular weight is 417 g/mol. The standard InChI is InChI=1S/C21H21ClN2O5/c1-12(23-20(27)16-4-8-17(22)9-5-16)21(28)29-13(2)19(26)15-6-10-18(11-7-15)24-14(3)25/h4-13H,1-3H3,(H,23,27)(H,24,25)/t12-,13-/m0/s1. The normalized spacial score (nSPS) is 12.4. The van der Waals surface area contributed by atoms with E-state index in [1.165, 1.54) is 45.0 Å². The Labute approximate surface area is 173 Å². The van der Waals surface area contributed by atoms with Crippen LogP contribution in [0, 0.1) is 0 Å². The lowest BCUT2D eigenvalue weighted by atomic mass is 10.1. The van der Waals surface area contributed by atoms with Crippen molar-refractivity contribution in [3.8, 4) is 0 Å². The summed E-state index contributed by atoms with van der Waals surface area (Å²) in [6.45, 7) is 4.30. The van der Waals surface area contributed by atoms with Crippen LogP contribution >= 0.6 is 11.6 Å². The number of esters is 1. The summed E-state index contributed by atoms with van der Waals surface area (Å²) in [4.78, 5) is 47.9. The zero-order chi connectivity index (χ0) is 21.6. The predicted octanol–water partition coefficient (Wildman–Crippen LogP) is 3.23. The molecule has 2 N–H and O–H groups in total. The molecule has 0 heterocycles. The van der Waals surface area contributed by atoms with Crippen LogP contribution in [0.25, 0.3) is 0 Å². The Morgan fingerprint density at radius 1 is 0.897 bits per heavy atom. The van der Waals surface area contributed by atoms with Crippen molar-refractivity contribution in [2.45, 2.75) is 32.9 Å². The molecule has 0 saturated carbocycles. The molecule has 0 radical (unpaired) electrons. The summed E-state index contributed by atoms with van der Waals surface area (Å²) in [6, 6.07) is 11.5. The summed E-state index contributed by atoms with van der Waals surface area (Å²) < 4.78 is 5.18. The third-order valence-electron chi connectivity index (χ3n) is 3.96. The Balaban J connectivity index is 1.92. The van der Waals surface area contributed by atoms with Crippen LogP contribution in [0.15, 0.2) is 48.5 Å². The maximum atomic E-state index is 12.4. The van der Waals surface area contributed by atoms with Gasteiger partial charge in [-0.05, 0) is 62.4 Å². The van der Waals surface area contributed by atoms with Gasteiger partial charge in [0.1, 0.15) is 6.04 Å². The molecule has 0 aromatic heterocycles. The molecule has 0 spiro atoms. The molecule has 0 aliphatic rings. The minimum absolute atomic E-state index is 0.221. The molecule has 0 aliphatic heterocycles. The summed E-state index contributed by atoms with van der Waals surface area (Å²) in [5.74, 6) is -1.81. The van der Waals surface area contributed by atoms with E-state index in [1.54, 1.807) is 24.3 Å². The molecule has 0 bridgehead atoms. The van der Waals surface area contributed by atoms with Gasteiger partial charge in [0, 0.05) is 28.8 Å². The molecular weight excluding hydrogens is 396 g/mol. The van der Waals surface area contributed by atoms with Gasteiger partial charge >= 0.3 is 5.97 Å². The molecule has 0 unspecified atom stereocenters. The second-order valence-corrected chi connectivity index (χ2v) is 6.84. The maximum Gasteiger partial charge on any atom is 0.329 e. The molecule has 2 aromatic rings. The van der Waals surface area contributed by atoms with E-state index in [9.17, 15) is 19.2 Å². The molecule has 2 rings (SSSR count). The number of carbonyl (C=O) groups excluding carboxylic acids is 4. The number of hydrogen-bond donors (Lipinski definition) is 2. The number of ether oxygens (including phenoxy) is 1. The fourth-order valence-corrected chi connectivity index (χ4v) is 2.55. The molecule has 29 heavy (non-hydrogen) atoms. The van der Waals surface area contributed by atoms with Gasteiger partial charge in [-0.15, -0.1) is 0 Å². The van der Waals surface area contributed by atoms with Crippen LogP contribution in [0.1, 0.15) is 41.5 Å². The summed E-state index contributed by atoms with van der Waals surface area (Å²) in [7, 11) is 0. The number of Topliss-reactive ketones (excluding diaryl/α,β-unsaturated/α-hetero) is 1. The highest BCUT2D eigenvalue weighted by molar-refractivity contribution is 6.30. The van der Waals surface area contributed by atoms with Gasteiger partial charge < -0.3 is 15.4 Å². The summed E-state index contributed by atoms with van der Waals surface area (Å²) in [5, 5.41) is 5.61. The monoisotopic (exact) mass is 416 g/mol. The Bertz CT molecular complexity index is 910. The molecule has 0 saturated heterocycles. The van der Waals surface area contributed by atoms with Gasteiger partial charge in [0.05, 0.1) is 0 Å². The molecule has 152 valence electrons. The van der Waals surface area contributed by atoms with Gasteiger partial charge in [-0.25, -0.2) is 4.79 Å². The van der Waals surface area contributed by atoms with Gasteiger partial charge in [0.15, 0.2) is 6.10 Å². The quantitative estimate of drug-likeness (QED) is 0.533. The predicted molar refractivity (Wildman–Crippen MR) is 109 cm³/mol. The average Bonchev–Trinajstić information content (AvgIpc) is 2.67. The number of anilines is 1. The fourth-order valence-electron chi connectivity index (χ4n) is 2.43. The first-order valence-electron chi connectivity index (χ1n) is 8.86. The summed E-state index contributed by atoms with van der Waals surface area (Å²) >= 11 is 5.78. The number of carbonyl (C=O) groups is 4. The Hall–Kier alpha value is -3.19. The third kappa shape index (κ3) is 6.43. The zero-order valence-electron chi connectivity index (χ0n) is 16.2. The van der Waals surface area contributed by atoms with Crippen molar-refractivity contribution in [1.82, 2.24) is 5.32 Å². The first-order chi connectivity index (χ1) is 13.7. The van der Waals surface area contributed by atoms with Gasteiger partial charge in [-0.1, -0.05) is 11.6 Å². The van der Waals surface area contributed by atoms with Crippen LogP contribution in [-0.4, -0.2) is 35.7 Å². The van der Waals surface area contributed by atoms with E-state index >= 15 is 0 Å². The van der Waals surface area contributed by atoms with E-state index in [0.29, 0.717) is 21.8 Å². The van der Waals surface area contributed by atoms with Crippen molar-refractivity contribution >= 4 is 40.9 Å². The van der Waals surface area contributed by atoms with E-state index in [1.807, 2.05) is 0 Å². The van der Waals surface area contributed by atoms with Gasteiger partial charge in [-0.3, -0.25) is 14.4 Å². The minimum atomic E-state index is -1.04. The number of rotatable bonds is 7. The minimum Gasteiger partial charge on any atom is -0.453 e. The number of ketones is 1. The smallest absolute Gasteiger partial charge is 0.329 e. The molecule has 0 fully saturated rings. The van der Waals surface area contributed by atoms with Gasteiger partial charge in [-0.2, -0.15) is 0 Å². The fraction of sp³-hybridized carbons (Fsp3) is 0.238. The van der Waals surface area contributed by atoms with E-state index in [-0.39, 0.29) is 5.91 Å². The second kappa shape index (κ2) is 9.84. The topological polar surface area (TPSA) is 102 Å². The Morgan fingerprint density at radius 2 is 1.45 bits per heavy atom. The van der Waals surface area contributed by atoms with Crippen LogP contribution in [0.3, 0.4) is 0 Å². The number of halogens is 1. The first kappa shape index (κ1) is 22.1. The van der Waals surface area contributed by atoms with Crippen molar-refractivity contribution in [2.75, 3.05) is 5.32 Å². The van der Waals surface area contributed by atoms with Crippen LogP contribution in [-0.2, 0) is 14.3 Å². The van der Waals surface area contributed by atoms with Gasteiger partial charge in [0.2, 0.25) is 11.7 Å². The lowest BCUT2D eigenvalue weighted by Crippen LogP contribution is -2.41. The van der Waals surface area contributed by atoms with Crippen LogP contribution < -0.4 is 10.6 Å². The Kier molecular flexibility index (Phi) is 7.50. The SMILES string of the molecule is CC(=O)Nc1ccc(C(=O)[C@H](C)OC(=O)[C@H](C)NC(=O)c2ccc(Cl)cc2)cc1. The number of benzene rings is 2. The van der Waals surface area contributed by atoms with E-state index in [0.717, 1.165) is 0 Å². The van der Waals surface area contributed by atoms with E-state index < -0.39 is 29.8 Å². The lowest BCUT2D eigenvalue weighted by Gasteiger charge is -2.17. The highest BCUT2D eigenvalue weighted by Gasteiger charge is 2.24. The summed E-state index contributed by atoms with van der Waals surface area (Å²) in [6.07, 6.45) is -1.04. The van der Waals surface area contributed by atoms with Crippen LogP contribution in [0.4, 0.5) is 5.69 Å². The first-order valence-corrected chi connectivity index (χ1v) is 9.24. The summed E-state index contributed by atoms with van der Waals surface area (Å²) in [5.41, 5.74) is 1.23. The number of amides is 2. The molecular formula is C21H21ClN2O5. The van der Waals surface area contributed by atoms with Crippen molar-refractivity contribution in [1.29, 1.82) is 0 Å². The van der Waals surface area contributed by atoms with Crippen LogP contribution in [0.2, 0.25) is 5.02 Å². The molecule has 8 heteroatoms. The lowest BCUT2D eigenvalue weighted by molar-refractivity contribution is -0.148. The Morgan fingerprint density at radius 3 is 2.00 bits per heavy atom. The van der Waals surface area contributed by atoms with Gasteiger partial charge in [0.25, 0.3) is 5.91 Å². The van der Waals surface area contributed by atoms with Crippen LogP contribution in [0.5, 0.6) is 0 Å². The molecule has 0 aliphatic carbocycles. The number of nitrogens with one attached hydrogen (secondary N) is 2. The van der Waals surface area contributed by atoms with E-state index in [2.05, 4.69) is 10.6 Å². The van der Waals surface area contributed by atoms with Crippen molar-refractivity contribution in [2.24, 2.45) is 0 Å². The van der Waals surface area contributed by atoms with Crippen molar-refractivity contribution in [3.63, 3.8) is 0 Å². The third-order valence-corrected chi connectivity index (χ3v) is 4.21. The highest BCUT2D eigenvalue weighted by Crippen LogP contribution is 2.13.